The molecule has 13 heavy (non-hydrogen) atoms. The van der Waals surface area contributed by atoms with Gasteiger partial charge in [0, 0.05) is 0 Å². The summed E-state index contributed by atoms with van der Waals surface area (Å²) in [6, 6.07) is 1.36. The standard InChI is InChI=1S/C7H4BrF3O2/c8-4-1-2-13-6(4)5(12)3-7(9,10)11/h1-2H,3H2. The summed E-state index contributed by atoms with van der Waals surface area (Å²) in [6.07, 6.45) is -4.85. The first-order chi connectivity index (χ1) is 5.90. The summed E-state index contributed by atoms with van der Waals surface area (Å²) in [6.45, 7) is 0. The molecule has 0 aliphatic heterocycles. The van der Waals surface area contributed by atoms with Gasteiger partial charge in [-0.25, -0.2) is 0 Å². The van der Waals surface area contributed by atoms with Crippen molar-refractivity contribution in [1.82, 2.24) is 0 Å². The molecule has 0 unspecified atom stereocenters. The average Bonchev–Trinajstić information content (AvgIpc) is 2.30. The first kappa shape index (κ1) is 10.3. The van der Waals surface area contributed by atoms with E-state index in [2.05, 4.69) is 20.3 Å². The van der Waals surface area contributed by atoms with E-state index in [4.69, 9.17) is 0 Å². The Morgan fingerprint density at radius 3 is 2.54 bits per heavy atom. The fourth-order valence-corrected chi connectivity index (χ4v) is 1.18. The molecule has 0 saturated carbocycles. The van der Waals surface area contributed by atoms with Gasteiger partial charge in [0.15, 0.2) is 5.76 Å². The normalized spacial score (nSPS) is 11.7. The summed E-state index contributed by atoms with van der Waals surface area (Å²) in [7, 11) is 0. The minimum absolute atomic E-state index is 0.238. The van der Waals surface area contributed by atoms with Crippen molar-refractivity contribution >= 4 is 21.7 Å². The van der Waals surface area contributed by atoms with E-state index in [0.29, 0.717) is 0 Å². The Morgan fingerprint density at radius 2 is 2.15 bits per heavy atom. The maximum Gasteiger partial charge on any atom is 0.396 e. The van der Waals surface area contributed by atoms with Crippen molar-refractivity contribution in [3.05, 3.63) is 22.6 Å². The van der Waals surface area contributed by atoms with Crippen LogP contribution in [0.1, 0.15) is 17.0 Å². The van der Waals surface area contributed by atoms with Gasteiger partial charge in [0.25, 0.3) is 0 Å². The number of hydrogen-bond acceptors (Lipinski definition) is 2. The number of halogens is 4. The van der Waals surface area contributed by atoms with E-state index in [-0.39, 0.29) is 10.2 Å². The quantitative estimate of drug-likeness (QED) is 0.761. The zero-order valence-electron chi connectivity index (χ0n) is 6.19. The third-order valence-electron chi connectivity index (χ3n) is 1.23. The van der Waals surface area contributed by atoms with Crippen LogP contribution in [0.15, 0.2) is 21.2 Å². The molecular formula is C7H4BrF3O2. The van der Waals surface area contributed by atoms with Gasteiger partial charge in [-0.2, -0.15) is 13.2 Å². The molecule has 1 aromatic rings. The Bertz CT molecular complexity index is 316. The van der Waals surface area contributed by atoms with Crippen molar-refractivity contribution in [3.63, 3.8) is 0 Å². The van der Waals surface area contributed by atoms with Crippen molar-refractivity contribution in [2.24, 2.45) is 0 Å². The van der Waals surface area contributed by atoms with Gasteiger partial charge in [0.1, 0.15) is 6.42 Å². The van der Waals surface area contributed by atoms with Gasteiger partial charge in [-0.1, -0.05) is 0 Å². The lowest BCUT2D eigenvalue weighted by atomic mass is 10.2. The molecule has 1 heterocycles. The summed E-state index contributed by atoms with van der Waals surface area (Å²) >= 11 is 2.89. The Hall–Kier alpha value is -0.780. The molecule has 72 valence electrons. The van der Waals surface area contributed by atoms with Gasteiger partial charge < -0.3 is 4.42 Å². The van der Waals surface area contributed by atoms with Crippen LogP contribution < -0.4 is 0 Å². The van der Waals surface area contributed by atoms with Gasteiger partial charge in [0.2, 0.25) is 5.78 Å². The third kappa shape index (κ3) is 2.87. The zero-order chi connectivity index (χ0) is 10.1. The van der Waals surface area contributed by atoms with Crippen molar-refractivity contribution in [2.75, 3.05) is 0 Å². The lowest BCUT2D eigenvalue weighted by Gasteiger charge is -2.02. The highest BCUT2D eigenvalue weighted by Crippen LogP contribution is 2.25. The fraction of sp³-hybridized carbons (Fsp3) is 0.286. The van der Waals surface area contributed by atoms with Crippen LogP contribution in [-0.2, 0) is 0 Å². The number of hydrogen-bond donors (Lipinski definition) is 0. The summed E-state index contributed by atoms with van der Waals surface area (Å²) in [5.41, 5.74) is 0. The topological polar surface area (TPSA) is 30.2 Å². The van der Waals surface area contributed by atoms with Crippen LogP contribution in [0.5, 0.6) is 0 Å². The number of carbonyl (C=O) groups excluding carboxylic acids is 1. The Kier molecular flexibility index (Phi) is 2.80. The monoisotopic (exact) mass is 256 g/mol. The van der Waals surface area contributed by atoms with E-state index in [1.54, 1.807) is 0 Å². The smallest absolute Gasteiger partial charge is 0.396 e. The van der Waals surface area contributed by atoms with Gasteiger partial charge in [0.05, 0.1) is 10.7 Å². The lowest BCUT2D eigenvalue weighted by Crippen LogP contribution is -2.14. The summed E-state index contributed by atoms with van der Waals surface area (Å²) in [4.78, 5) is 10.9. The third-order valence-corrected chi connectivity index (χ3v) is 1.86. The van der Waals surface area contributed by atoms with Crippen LogP contribution in [-0.4, -0.2) is 12.0 Å². The molecule has 0 radical (unpaired) electrons. The first-order valence-corrected chi connectivity index (χ1v) is 4.02. The maximum absolute atomic E-state index is 11.8. The molecule has 0 spiro atoms. The van der Waals surface area contributed by atoms with Crippen LogP contribution in [0.4, 0.5) is 13.2 Å². The number of ketones is 1. The van der Waals surface area contributed by atoms with Gasteiger partial charge >= 0.3 is 6.18 Å². The van der Waals surface area contributed by atoms with Crippen molar-refractivity contribution in [2.45, 2.75) is 12.6 Å². The molecule has 6 heteroatoms. The van der Waals surface area contributed by atoms with E-state index in [9.17, 15) is 18.0 Å². The lowest BCUT2D eigenvalue weighted by molar-refractivity contribution is -0.125. The van der Waals surface area contributed by atoms with Crippen molar-refractivity contribution in [3.8, 4) is 0 Å². The van der Waals surface area contributed by atoms with Crippen LogP contribution in [0, 0.1) is 0 Å². The van der Waals surface area contributed by atoms with E-state index in [1.165, 1.54) is 6.07 Å². The van der Waals surface area contributed by atoms with E-state index < -0.39 is 18.4 Å². The van der Waals surface area contributed by atoms with E-state index >= 15 is 0 Å². The number of alkyl halides is 3. The second-order valence-electron chi connectivity index (χ2n) is 2.31. The SMILES string of the molecule is O=C(CC(F)(F)F)c1occc1Br. The van der Waals surface area contributed by atoms with Gasteiger partial charge in [-0.3, -0.25) is 4.79 Å². The largest absolute Gasteiger partial charge is 0.460 e. The number of furan rings is 1. The maximum atomic E-state index is 11.8. The van der Waals surface area contributed by atoms with Crippen molar-refractivity contribution < 1.29 is 22.4 Å². The second-order valence-corrected chi connectivity index (χ2v) is 3.17. The molecule has 0 fully saturated rings. The first-order valence-electron chi connectivity index (χ1n) is 3.23. The van der Waals surface area contributed by atoms with Crippen molar-refractivity contribution in [1.29, 1.82) is 0 Å². The van der Waals surface area contributed by atoms with Crippen LogP contribution in [0.3, 0.4) is 0 Å². The van der Waals surface area contributed by atoms with Gasteiger partial charge in [-0.05, 0) is 22.0 Å². The van der Waals surface area contributed by atoms with Crippen LogP contribution in [0.25, 0.3) is 0 Å². The molecule has 0 aromatic carbocycles. The Morgan fingerprint density at radius 1 is 1.54 bits per heavy atom. The van der Waals surface area contributed by atoms with Crippen LogP contribution >= 0.6 is 15.9 Å². The molecule has 0 atom stereocenters. The number of Topliss-reactive ketones (excluding diaryl/α,β-unsaturated/α-hetero) is 1. The second kappa shape index (κ2) is 3.53. The predicted octanol–water partition coefficient (Wildman–Crippen LogP) is 3.18. The number of carbonyl (C=O) groups is 1. The fourth-order valence-electron chi connectivity index (χ4n) is 0.755. The molecule has 0 N–H and O–H groups in total. The molecule has 0 bridgehead atoms. The average molecular weight is 257 g/mol. The minimum atomic E-state index is -4.50. The molecular weight excluding hydrogens is 253 g/mol. The van der Waals surface area contributed by atoms with E-state index in [1.807, 2.05) is 0 Å². The number of rotatable bonds is 2. The van der Waals surface area contributed by atoms with Gasteiger partial charge in [-0.15, -0.1) is 0 Å². The zero-order valence-corrected chi connectivity index (χ0v) is 7.78. The minimum Gasteiger partial charge on any atom is -0.460 e. The molecule has 0 aliphatic carbocycles. The molecule has 1 rings (SSSR count). The molecule has 1 aromatic heterocycles. The highest BCUT2D eigenvalue weighted by Gasteiger charge is 2.33. The highest BCUT2D eigenvalue weighted by molar-refractivity contribution is 9.10. The molecule has 0 saturated heterocycles. The molecule has 0 amide bonds. The Balaban J connectivity index is 2.76. The summed E-state index contributed by atoms with van der Waals surface area (Å²) < 4.78 is 40.1. The Labute approximate surface area is 79.8 Å². The highest BCUT2D eigenvalue weighted by atomic mass is 79.9. The molecule has 2 nitrogen and oxygen atoms in total. The predicted molar refractivity (Wildman–Crippen MR) is 41.4 cm³/mol. The summed E-state index contributed by atoms with van der Waals surface area (Å²) in [5, 5.41) is 0. The molecule has 0 aliphatic rings. The van der Waals surface area contributed by atoms with E-state index in [0.717, 1.165) is 6.26 Å². The summed E-state index contributed by atoms with van der Waals surface area (Å²) in [5.74, 6) is -1.37. The van der Waals surface area contributed by atoms with Crippen LogP contribution in [0.2, 0.25) is 0 Å².